The minimum Gasteiger partial charge on any atom is -0.387 e. The summed E-state index contributed by atoms with van der Waals surface area (Å²) in [5.41, 5.74) is 0.812. The van der Waals surface area contributed by atoms with E-state index in [0.29, 0.717) is 0 Å². The van der Waals surface area contributed by atoms with Crippen molar-refractivity contribution < 1.29 is 5.11 Å². The van der Waals surface area contributed by atoms with E-state index < -0.39 is 0 Å². The number of nitrogens with zero attached hydrogens (tertiary/aromatic N) is 1. The van der Waals surface area contributed by atoms with E-state index >= 15 is 0 Å². The molecule has 1 heterocycles. The molecule has 0 saturated carbocycles. The first-order valence-electron chi connectivity index (χ1n) is 10.4. The summed E-state index contributed by atoms with van der Waals surface area (Å²) < 4.78 is 0. The van der Waals surface area contributed by atoms with Gasteiger partial charge in [0.25, 0.3) is 0 Å². The van der Waals surface area contributed by atoms with E-state index in [1.165, 1.54) is 83.5 Å². The number of hydrogen-bond donors (Lipinski definition) is 1. The third-order valence-electron chi connectivity index (χ3n) is 4.86. The lowest BCUT2D eigenvalue weighted by Crippen LogP contribution is -1.99. The monoisotopic (exact) mass is 333 g/mol. The molecule has 0 aromatic carbocycles. The van der Waals surface area contributed by atoms with Gasteiger partial charge in [0.2, 0.25) is 0 Å². The van der Waals surface area contributed by atoms with E-state index in [4.69, 9.17) is 0 Å². The maximum absolute atomic E-state index is 10.0. The molecule has 0 fully saturated rings. The Hall–Kier alpha value is -0.890. The number of rotatable bonds is 16. The Bertz CT molecular complexity index is 365. The summed E-state index contributed by atoms with van der Waals surface area (Å²) in [5, 5.41) is 10.0. The fourth-order valence-electron chi connectivity index (χ4n) is 3.25. The first-order valence-corrected chi connectivity index (χ1v) is 10.4. The van der Waals surface area contributed by atoms with Crippen molar-refractivity contribution in [2.45, 2.75) is 109 Å². The van der Waals surface area contributed by atoms with Gasteiger partial charge in [-0.3, -0.25) is 4.98 Å². The van der Waals surface area contributed by atoms with Gasteiger partial charge >= 0.3 is 0 Å². The van der Waals surface area contributed by atoms with Gasteiger partial charge in [0.1, 0.15) is 0 Å². The Kier molecular flexibility index (Phi) is 13.8. The van der Waals surface area contributed by atoms with Gasteiger partial charge in [-0.05, 0) is 18.6 Å². The number of aromatic nitrogens is 1. The number of aliphatic hydroxyl groups is 1. The fraction of sp³-hybridized carbons (Fsp3) is 0.773. The topological polar surface area (TPSA) is 33.1 Å². The Labute approximate surface area is 150 Å². The molecule has 0 aliphatic heterocycles. The molecule has 0 amide bonds. The van der Waals surface area contributed by atoms with Crippen LogP contribution in [-0.4, -0.2) is 10.1 Å². The van der Waals surface area contributed by atoms with Gasteiger partial charge in [0.15, 0.2) is 0 Å². The fourth-order valence-corrected chi connectivity index (χ4v) is 3.25. The largest absolute Gasteiger partial charge is 0.387 e. The second kappa shape index (κ2) is 15.6. The molecule has 0 bridgehead atoms. The van der Waals surface area contributed by atoms with Gasteiger partial charge in [0.05, 0.1) is 11.8 Å². The third-order valence-corrected chi connectivity index (χ3v) is 4.86. The number of aliphatic hydroxyl groups excluding tert-OH is 1. The minimum absolute atomic E-state index is 0.386. The lowest BCUT2D eigenvalue weighted by molar-refractivity contribution is 0.158. The molecule has 0 aliphatic carbocycles. The highest BCUT2D eigenvalue weighted by atomic mass is 16.3. The quantitative estimate of drug-likeness (QED) is 0.331. The van der Waals surface area contributed by atoms with Crippen molar-refractivity contribution >= 4 is 0 Å². The Balaban J connectivity index is 1.79. The molecule has 0 spiro atoms. The molecule has 0 radical (unpaired) electrons. The van der Waals surface area contributed by atoms with Gasteiger partial charge in [-0.1, -0.05) is 103 Å². The Morgan fingerprint density at radius 2 is 1.25 bits per heavy atom. The molecule has 1 N–H and O–H groups in total. The van der Waals surface area contributed by atoms with Gasteiger partial charge < -0.3 is 5.11 Å². The second-order valence-electron chi connectivity index (χ2n) is 7.16. The van der Waals surface area contributed by atoms with E-state index in [1.807, 2.05) is 18.2 Å². The van der Waals surface area contributed by atoms with Crippen LogP contribution in [0.15, 0.2) is 24.4 Å². The molecular formula is C22H39NO. The standard InChI is InChI=1S/C22H39NO/c1-2-3-4-5-6-7-8-9-10-11-12-13-14-15-19-22(24)21-18-16-17-20-23-21/h16-18,20,22,24H,2-15,19H2,1H3. The van der Waals surface area contributed by atoms with Crippen molar-refractivity contribution in [1.82, 2.24) is 4.98 Å². The molecule has 138 valence electrons. The van der Waals surface area contributed by atoms with E-state index in [0.717, 1.165) is 18.5 Å². The molecule has 2 nitrogen and oxygen atoms in total. The van der Waals surface area contributed by atoms with E-state index in [-0.39, 0.29) is 6.10 Å². The summed E-state index contributed by atoms with van der Waals surface area (Å²) >= 11 is 0. The van der Waals surface area contributed by atoms with E-state index in [2.05, 4.69) is 11.9 Å². The summed E-state index contributed by atoms with van der Waals surface area (Å²) in [6.07, 6.45) is 21.4. The normalized spacial score (nSPS) is 12.4. The highest BCUT2D eigenvalue weighted by molar-refractivity contribution is 5.06. The van der Waals surface area contributed by atoms with Crippen LogP contribution in [0.4, 0.5) is 0 Å². The third kappa shape index (κ3) is 11.6. The van der Waals surface area contributed by atoms with Crippen molar-refractivity contribution in [3.05, 3.63) is 30.1 Å². The van der Waals surface area contributed by atoms with E-state index in [9.17, 15) is 5.11 Å². The molecule has 2 heteroatoms. The van der Waals surface area contributed by atoms with Gasteiger partial charge in [-0.25, -0.2) is 0 Å². The van der Waals surface area contributed by atoms with Crippen molar-refractivity contribution in [2.24, 2.45) is 0 Å². The summed E-state index contributed by atoms with van der Waals surface area (Å²) in [6.45, 7) is 2.28. The molecule has 0 aliphatic rings. The van der Waals surface area contributed by atoms with Crippen LogP contribution in [0.5, 0.6) is 0 Å². The van der Waals surface area contributed by atoms with Crippen LogP contribution in [0.2, 0.25) is 0 Å². The lowest BCUT2D eigenvalue weighted by atomic mass is 10.0. The number of pyridine rings is 1. The highest BCUT2D eigenvalue weighted by Gasteiger charge is 2.07. The van der Waals surface area contributed by atoms with Crippen LogP contribution < -0.4 is 0 Å². The zero-order chi connectivity index (χ0) is 17.3. The first kappa shape index (κ1) is 21.2. The Morgan fingerprint density at radius 1 is 0.750 bits per heavy atom. The minimum atomic E-state index is -0.386. The zero-order valence-electron chi connectivity index (χ0n) is 15.9. The summed E-state index contributed by atoms with van der Waals surface area (Å²) in [7, 11) is 0. The maximum atomic E-state index is 10.0. The van der Waals surface area contributed by atoms with Crippen molar-refractivity contribution in [2.75, 3.05) is 0 Å². The predicted octanol–water partition coefficient (Wildman–Crippen LogP) is 6.99. The molecule has 1 aromatic heterocycles. The van der Waals surface area contributed by atoms with Gasteiger partial charge in [-0.2, -0.15) is 0 Å². The first-order chi connectivity index (χ1) is 11.8. The van der Waals surface area contributed by atoms with Crippen LogP contribution in [0.25, 0.3) is 0 Å². The number of hydrogen-bond acceptors (Lipinski definition) is 2. The summed E-state index contributed by atoms with van der Waals surface area (Å²) in [4.78, 5) is 4.21. The van der Waals surface area contributed by atoms with Crippen molar-refractivity contribution in [3.8, 4) is 0 Å². The van der Waals surface area contributed by atoms with Gasteiger partial charge in [-0.15, -0.1) is 0 Å². The zero-order valence-corrected chi connectivity index (χ0v) is 15.9. The van der Waals surface area contributed by atoms with Crippen molar-refractivity contribution in [3.63, 3.8) is 0 Å². The van der Waals surface area contributed by atoms with Crippen LogP contribution in [0.3, 0.4) is 0 Å². The molecule has 1 aromatic rings. The van der Waals surface area contributed by atoms with Crippen molar-refractivity contribution in [1.29, 1.82) is 0 Å². The highest BCUT2D eigenvalue weighted by Crippen LogP contribution is 2.18. The predicted molar refractivity (Wildman–Crippen MR) is 104 cm³/mol. The molecule has 1 unspecified atom stereocenters. The molecule has 1 atom stereocenters. The van der Waals surface area contributed by atoms with Crippen LogP contribution in [0.1, 0.15) is 115 Å². The lowest BCUT2D eigenvalue weighted by Gasteiger charge is -2.09. The Morgan fingerprint density at radius 3 is 1.71 bits per heavy atom. The molecule has 0 saturated heterocycles. The van der Waals surface area contributed by atoms with Crippen LogP contribution in [-0.2, 0) is 0 Å². The van der Waals surface area contributed by atoms with Crippen LogP contribution in [0, 0.1) is 0 Å². The second-order valence-corrected chi connectivity index (χ2v) is 7.16. The smallest absolute Gasteiger partial charge is 0.0959 e. The molecular weight excluding hydrogens is 294 g/mol. The average molecular weight is 334 g/mol. The molecule has 1 rings (SSSR count). The van der Waals surface area contributed by atoms with Crippen LogP contribution >= 0.6 is 0 Å². The van der Waals surface area contributed by atoms with Gasteiger partial charge in [0, 0.05) is 6.20 Å². The summed E-state index contributed by atoms with van der Waals surface area (Å²) in [6, 6.07) is 5.74. The average Bonchev–Trinajstić information content (AvgIpc) is 2.62. The summed E-state index contributed by atoms with van der Waals surface area (Å²) in [5.74, 6) is 0. The SMILES string of the molecule is CCCCCCCCCCCCCCCCC(O)c1ccccn1. The molecule has 24 heavy (non-hydrogen) atoms. The number of unbranched alkanes of at least 4 members (excludes halogenated alkanes) is 13. The maximum Gasteiger partial charge on any atom is 0.0959 e. The van der Waals surface area contributed by atoms with E-state index in [1.54, 1.807) is 6.20 Å².